The van der Waals surface area contributed by atoms with E-state index < -0.39 is 0 Å². The first-order chi connectivity index (χ1) is 14.2. The van der Waals surface area contributed by atoms with Crippen molar-refractivity contribution in [2.24, 2.45) is 4.99 Å². The molecule has 1 aromatic heterocycles. The van der Waals surface area contributed by atoms with Crippen molar-refractivity contribution in [3.63, 3.8) is 0 Å². The standard InChI is InChI=1S/C24H19N3O2/c1-29-24(28)20-14-12-18(13-15-20)17-25-23-16-22(19-8-4-2-5-9-19)26-27(23)21-10-6-3-7-11-21/h2-17H,1H3/b25-17+. The molecule has 0 atom stereocenters. The van der Waals surface area contributed by atoms with Gasteiger partial charge in [-0.25, -0.2) is 14.5 Å². The third-order valence-electron chi connectivity index (χ3n) is 4.44. The molecule has 4 rings (SSSR count). The molecular weight excluding hydrogens is 362 g/mol. The van der Waals surface area contributed by atoms with E-state index in [0.717, 1.165) is 22.5 Å². The third kappa shape index (κ3) is 4.14. The molecule has 29 heavy (non-hydrogen) atoms. The topological polar surface area (TPSA) is 56.5 Å². The summed E-state index contributed by atoms with van der Waals surface area (Å²) >= 11 is 0. The normalized spacial score (nSPS) is 10.9. The lowest BCUT2D eigenvalue weighted by Crippen LogP contribution is -2.00. The lowest BCUT2D eigenvalue weighted by atomic mass is 10.1. The molecule has 0 saturated carbocycles. The smallest absolute Gasteiger partial charge is 0.337 e. The van der Waals surface area contributed by atoms with Crippen LogP contribution < -0.4 is 0 Å². The molecule has 1 heterocycles. The highest BCUT2D eigenvalue weighted by Crippen LogP contribution is 2.26. The van der Waals surface area contributed by atoms with Crippen molar-refractivity contribution in [2.45, 2.75) is 0 Å². The second-order valence-corrected chi connectivity index (χ2v) is 6.37. The predicted molar refractivity (Wildman–Crippen MR) is 114 cm³/mol. The number of nitrogens with zero attached hydrogens (tertiary/aromatic N) is 3. The maximum atomic E-state index is 11.6. The molecule has 0 radical (unpaired) electrons. The average molecular weight is 381 g/mol. The monoisotopic (exact) mass is 381 g/mol. The van der Waals surface area contributed by atoms with Gasteiger partial charge in [0.25, 0.3) is 0 Å². The van der Waals surface area contributed by atoms with Gasteiger partial charge in [-0.1, -0.05) is 60.7 Å². The predicted octanol–water partition coefficient (Wildman–Crippen LogP) is 5.08. The van der Waals surface area contributed by atoms with Gasteiger partial charge in [-0.05, 0) is 29.8 Å². The fourth-order valence-electron chi connectivity index (χ4n) is 2.94. The van der Waals surface area contributed by atoms with Crippen molar-refractivity contribution in [1.29, 1.82) is 0 Å². The van der Waals surface area contributed by atoms with Crippen LogP contribution in [-0.2, 0) is 4.74 Å². The molecule has 0 aliphatic carbocycles. The number of ether oxygens (including phenoxy) is 1. The molecule has 0 spiro atoms. The van der Waals surface area contributed by atoms with Gasteiger partial charge < -0.3 is 4.74 Å². The van der Waals surface area contributed by atoms with Gasteiger partial charge in [-0.15, -0.1) is 0 Å². The molecule has 5 heteroatoms. The molecule has 0 aliphatic rings. The lowest BCUT2D eigenvalue weighted by Gasteiger charge is -2.03. The Hall–Kier alpha value is -3.99. The summed E-state index contributed by atoms with van der Waals surface area (Å²) in [6.07, 6.45) is 1.76. The van der Waals surface area contributed by atoms with Gasteiger partial charge in [0, 0.05) is 17.8 Å². The van der Waals surface area contributed by atoms with Crippen LogP contribution in [-0.4, -0.2) is 29.1 Å². The molecule has 0 bridgehead atoms. The van der Waals surface area contributed by atoms with Crippen molar-refractivity contribution < 1.29 is 9.53 Å². The van der Waals surface area contributed by atoms with Crippen LogP contribution >= 0.6 is 0 Å². The molecule has 5 nitrogen and oxygen atoms in total. The summed E-state index contributed by atoms with van der Waals surface area (Å²) in [6.45, 7) is 0. The summed E-state index contributed by atoms with van der Waals surface area (Å²) in [7, 11) is 1.37. The SMILES string of the molecule is COC(=O)c1ccc(/C=N/c2cc(-c3ccccc3)nn2-c2ccccc2)cc1. The number of para-hydroxylation sites is 1. The maximum Gasteiger partial charge on any atom is 0.337 e. The van der Waals surface area contributed by atoms with Gasteiger partial charge >= 0.3 is 5.97 Å². The molecule has 0 saturated heterocycles. The van der Waals surface area contributed by atoms with E-state index in [4.69, 9.17) is 9.84 Å². The van der Waals surface area contributed by atoms with E-state index in [2.05, 4.69) is 4.99 Å². The van der Waals surface area contributed by atoms with E-state index in [-0.39, 0.29) is 5.97 Å². The highest BCUT2D eigenvalue weighted by atomic mass is 16.5. The van der Waals surface area contributed by atoms with Crippen LogP contribution in [0.25, 0.3) is 16.9 Å². The highest BCUT2D eigenvalue weighted by molar-refractivity contribution is 5.91. The van der Waals surface area contributed by atoms with E-state index >= 15 is 0 Å². The summed E-state index contributed by atoms with van der Waals surface area (Å²) < 4.78 is 6.55. The van der Waals surface area contributed by atoms with Gasteiger partial charge in [-0.2, -0.15) is 5.10 Å². The first-order valence-corrected chi connectivity index (χ1v) is 9.18. The summed E-state index contributed by atoms with van der Waals surface area (Å²) in [5.74, 6) is 0.357. The summed E-state index contributed by atoms with van der Waals surface area (Å²) in [4.78, 5) is 16.2. The summed E-state index contributed by atoms with van der Waals surface area (Å²) in [5.41, 5.74) is 4.19. The number of rotatable bonds is 5. The Morgan fingerprint density at radius 2 is 1.59 bits per heavy atom. The Bertz CT molecular complexity index is 1130. The first kappa shape index (κ1) is 18.4. The van der Waals surface area contributed by atoms with Gasteiger partial charge in [0.05, 0.1) is 24.1 Å². The number of aromatic nitrogens is 2. The molecule has 0 aliphatic heterocycles. The zero-order valence-electron chi connectivity index (χ0n) is 15.9. The number of hydrogen-bond donors (Lipinski definition) is 0. The maximum absolute atomic E-state index is 11.6. The van der Waals surface area contributed by atoms with E-state index in [1.165, 1.54) is 7.11 Å². The third-order valence-corrected chi connectivity index (χ3v) is 4.44. The van der Waals surface area contributed by atoms with Crippen molar-refractivity contribution in [1.82, 2.24) is 9.78 Å². The van der Waals surface area contributed by atoms with Gasteiger partial charge in [0.1, 0.15) is 0 Å². The van der Waals surface area contributed by atoms with E-state index in [1.54, 1.807) is 18.3 Å². The van der Waals surface area contributed by atoms with Crippen molar-refractivity contribution in [3.8, 4) is 16.9 Å². The Labute approximate surface area is 168 Å². The van der Waals surface area contributed by atoms with Crippen LogP contribution in [0.4, 0.5) is 5.82 Å². The molecule has 0 amide bonds. The fraction of sp³-hybridized carbons (Fsp3) is 0.0417. The highest BCUT2D eigenvalue weighted by Gasteiger charge is 2.10. The van der Waals surface area contributed by atoms with Crippen LogP contribution in [0, 0.1) is 0 Å². The van der Waals surface area contributed by atoms with E-state index in [9.17, 15) is 4.79 Å². The average Bonchev–Trinajstić information content (AvgIpc) is 3.23. The second kappa shape index (κ2) is 8.35. The van der Waals surface area contributed by atoms with Crippen LogP contribution in [0.5, 0.6) is 0 Å². The molecule has 0 fully saturated rings. The van der Waals surface area contributed by atoms with Gasteiger partial charge in [0.2, 0.25) is 0 Å². The molecule has 4 aromatic rings. The Balaban J connectivity index is 1.69. The number of aliphatic imine (C=N–C) groups is 1. The zero-order valence-corrected chi connectivity index (χ0v) is 15.9. The summed E-state index contributed by atoms with van der Waals surface area (Å²) in [6, 6.07) is 29.0. The quantitative estimate of drug-likeness (QED) is 0.358. The number of benzene rings is 3. The number of hydrogen-bond acceptors (Lipinski definition) is 4. The van der Waals surface area contributed by atoms with Gasteiger partial charge in [-0.3, -0.25) is 0 Å². The number of carbonyl (C=O) groups excluding carboxylic acids is 1. The number of carbonyl (C=O) groups is 1. The van der Waals surface area contributed by atoms with Crippen molar-refractivity contribution >= 4 is 18.0 Å². The van der Waals surface area contributed by atoms with E-state index in [0.29, 0.717) is 11.4 Å². The molecule has 0 N–H and O–H groups in total. The first-order valence-electron chi connectivity index (χ1n) is 9.18. The largest absolute Gasteiger partial charge is 0.465 e. The molecule has 3 aromatic carbocycles. The van der Waals surface area contributed by atoms with Crippen LogP contribution in [0.3, 0.4) is 0 Å². The molecule has 142 valence electrons. The Morgan fingerprint density at radius 1 is 0.931 bits per heavy atom. The minimum Gasteiger partial charge on any atom is -0.465 e. The van der Waals surface area contributed by atoms with Crippen LogP contribution in [0.1, 0.15) is 15.9 Å². The summed E-state index contributed by atoms with van der Waals surface area (Å²) in [5, 5.41) is 4.75. The molecule has 0 unspecified atom stereocenters. The fourth-order valence-corrected chi connectivity index (χ4v) is 2.94. The van der Waals surface area contributed by atoms with Crippen molar-refractivity contribution in [3.05, 3.63) is 102 Å². The minimum atomic E-state index is -0.358. The van der Waals surface area contributed by atoms with Crippen LogP contribution in [0.15, 0.2) is 96.0 Å². The minimum absolute atomic E-state index is 0.358. The van der Waals surface area contributed by atoms with Crippen molar-refractivity contribution in [2.75, 3.05) is 7.11 Å². The van der Waals surface area contributed by atoms with Crippen LogP contribution in [0.2, 0.25) is 0 Å². The Morgan fingerprint density at radius 3 is 2.24 bits per heavy atom. The number of esters is 1. The zero-order chi connectivity index (χ0) is 20.1. The van der Waals surface area contributed by atoms with Gasteiger partial charge in [0.15, 0.2) is 5.82 Å². The molecular formula is C24H19N3O2. The lowest BCUT2D eigenvalue weighted by molar-refractivity contribution is 0.0600. The number of methoxy groups -OCH3 is 1. The Kier molecular flexibility index (Phi) is 5.29. The van der Waals surface area contributed by atoms with E-state index in [1.807, 2.05) is 83.5 Å². The second-order valence-electron chi connectivity index (χ2n) is 6.37.